The zero-order valence-electron chi connectivity index (χ0n) is 11.8. The number of oxime groups is 1. The van der Waals surface area contributed by atoms with Crippen molar-refractivity contribution in [1.29, 1.82) is 0 Å². The Kier molecular flexibility index (Phi) is 4.59. The Labute approximate surface area is 121 Å². The van der Waals surface area contributed by atoms with E-state index in [4.69, 9.17) is 10.9 Å². The maximum Gasteiger partial charge on any atom is 0.254 e. The summed E-state index contributed by atoms with van der Waals surface area (Å²) in [6.07, 6.45) is 1.46. The lowest BCUT2D eigenvalue weighted by atomic mass is 10.2. The Hall–Kier alpha value is -2.35. The number of hydrogen-bond acceptors (Lipinski definition) is 5. The molecular weight excluding hydrogens is 274 g/mol. The molecule has 0 spiro atoms. The van der Waals surface area contributed by atoms with E-state index in [9.17, 15) is 9.59 Å². The average molecular weight is 293 g/mol. The molecule has 1 fully saturated rings. The van der Waals surface area contributed by atoms with Gasteiger partial charge in [-0.3, -0.25) is 14.5 Å². The lowest BCUT2D eigenvalue weighted by Gasteiger charge is -2.37. The van der Waals surface area contributed by atoms with Crippen molar-refractivity contribution in [3.05, 3.63) is 34.2 Å². The minimum absolute atomic E-state index is 0.155. The molecule has 0 radical (unpaired) electrons. The Balaban J connectivity index is 1.98. The molecule has 1 atom stereocenters. The Morgan fingerprint density at radius 3 is 2.67 bits per heavy atom. The summed E-state index contributed by atoms with van der Waals surface area (Å²) in [4.78, 5) is 29.7. The number of nitrogens with zero attached hydrogens (tertiary/aromatic N) is 3. The maximum absolute atomic E-state index is 12.3. The molecule has 0 bridgehead atoms. The quantitative estimate of drug-likeness (QED) is 0.294. The van der Waals surface area contributed by atoms with Crippen molar-refractivity contribution in [3.63, 3.8) is 0 Å². The second kappa shape index (κ2) is 6.40. The monoisotopic (exact) mass is 293 g/mol. The van der Waals surface area contributed by atoms with Crippen molar-refractivity contribution >= 4 is 11.7 Å². The molecule has 0 aliphatic carbocycles. The number of rotatable bonds is 3. The SMILES string of the molecule is CC(/C(N)=N/O)N1CCN(C(=O)c2cc[nH]c(=O)c2)CC1. The summed E-state index contributed by atoms with van der Waals surface area (Å²) in [5.74, 6) is 0.00145. The largest absolute Gasteiger partial charge is 0.409 e. The van der Waals surface area contributed by atoms with Crippen molar-refractivity contribution in [2.24, 2.45) is 10.9 Å². The number of amidine groups is 1. The number of nitrogens with one attached hydrogen (secondary N) is 1. The number of carbonyl (C=O) groups is 1. The van der Waals surface area contributed by atoms with Gasteiger partial charge in [0, 0.05) is 44.0 Å². The molecule has 8 heteroatoms. The number of pyridine rings is 1. The topological polar surface area (TPSA) is 115 Å². The fourth-order valence-corrected chi connectivity index (χ4v) is 2.34. The lowest BCUT2D eigenvalue weighted by Crippen LogP contribution is -2.54. The van der Waals surface area contributed by atoms with E-state index in [2.05, 4.69) is 10.1 Å². The molecule has 1 unspecified atom stereocenters. The maximum atomic E-state index is 12.3. The second-order valence-electron chi connectivity index (χ2n) is 4.97. The fraction of sp³-hybridized carbons (Fsp3) is 0.462. The van der Waals surface area contributed by atoms with Crippen LogP contribution >= 0.6 is 0 Å². The molecule has 1 aromatic heterocycles. The van der Waals surface area contributed by atoms with Crippen LogP contribution in [-0.2, 0) is 0 Å². The molecule has 1 aliphatic heterocycles. The summed E-state index contributed by atoms with van der Waals surface area (Å²) in [5, 5.41) is 11.7. The molecule has 2 heterocycles. The summed E-state index contributed by atoms with van der Waals surface area (Å²) >= 11 is 0. The van der Waals surface area contributed by atoms with Crippen LogP contribution in [0.3, 0.4) is 0 Å². The van der Waals surface area contributed by atoms with Gasteiger partial charge < -0.3 is 20.8 Å². The molecule has 21 heavy (non-hydrogen) atoms. The van der Waals surface area contributed by atoms with Gasteiger partial charge in [0.05, 0.1) is 6.04 Å². The first kappa shape index (κ1) is 15.0. The van der Waals surface area contributed by atoms with Crippen LogP contribution in [0, 0.1) is 0 Å². The molecule has 114 valence electrons. The third kappa shape index (κ3) is 3.40. The van der Waals surface area contributed by atoms with Crippen LogP contribution in [0.15, 0.2) is 28.3 Å². The summed E-state index contributed by atoms with van der Waals surface area (Å²) in [7, 11) is 0. The van der Waals surface area contributed by atoms with Gasteiger partial charge in [-0.2, -0.15) is 0 Å². The number of aromatic nitrogens is 1. The van der Waals surface area contributed by atoms with Crippen LogP contribution in [0.2, 0.25) is 0 Å². The van der Waals surface area contributed by atoms with Crippen LogP contribution in [0.1, 0.15) is 17.3 Å². The number of amides is 1. The van der Waals surface area contributed by atoms with Crippen LogP contribution in [0.5, 0.6) is 0 Å². The molecular formula is C13H19N5O3. The first-order chi connectivity index (χ1) is 10.0. The third-order valence-electron chi connectivity index (χ3n) is 3.71. The van der Waals surface area contributed by atoms with E-state index in [1.54, 1.807) is 11.0 Å². The highest BCUT2D eigenvalue weighted by molar-refractivity contribution is 5.94. The first-order valence-corrected chi connectivity index (χ1v) is 6.72. The van der Waals surface area contributed by atoms with E-state index < -0.39 is 0 Å². The van der Waals surface area contributed by atoms with Gasteiger partial charge in [-0.15, -0.1) is 0 Å². The van der Waals surface area contributed by atoms with E-state index >= 15 is 0 Å². The molecule has 4 N–H and O–H groups in total. The first-order valence-electron chi connectivity index (χ1n) is 6.72. The molecule has 8 nitrogen and oxygen atoms in total. The highest BCUT2D eigenvalue weighted by atomic mass is 16.4. The zero-order valence-corrected chi connectivity index (χ0v) is 11.8. The van der Waals surface area contributed by atoms with Crippen molar-refractivity contribution in [2.75, 3.05) is 26.2 Å². The Morgan fingerprint density at radius 1 is 1.43 bits per heavy atom. The van der Waals surface area contributed by atoms with E-state index in [1.165, 1.54) is 12.3 Å². The van der Waals surface area contributed by atoms with Gasteiger partial charge >= 0.3 is 0 Å². The minimum Gasteiger partial charge on any atom is -0.409 e. The van der Waals surface area contributed by atoms with Crippen LogP contribution < -0.4 is 11.3 Å². The molecule has 1 aromatic rings. The minimum atomic E-state index is -0.292. The summed E-state index contributed by atoms with van der Waals surface area (Å²) in [6, 6.07) is 2.72. The molecule has 2 rings (SSSR count). The predicted molar refractivity (Wildman–Crippen MR) is 77.4 cm³/mol. The van der Waals surface area contributed by atoms with Crippen LogP contribution in [-0.4, -0.2) is 64.0 Å². The van der Waals surface area contributed by atoms with Gasteiger partial charge in [-0.25, -0.2) is 0 Å². The van der Waals surface area contributed by atoms with Gasteiger partial charge in [0.25, 0.3) is 5.91 Å². The van der Waals surface area contributed by atoms with Gasteiger partial charge in [-0.1, -0.05) is 5.16 Å². The van der Waals surface area contributed by atoms with Gasteiger partial charge in [-0.05, 0) is 13.0 Å². The molecule has 1 aliphatic rings. The molecule has 1 saturated heterocycles. The van der Waals surface area contributed by atoms with E-state index in [0.717, 1.165) is 0 Å². The van der Waals surface area contributed by atoms with Crippen LogP contribution in [0.25, 0.3) is 0 Å². The number of hydrogen-bond donors (Lipinski definition) is 3. The van der Waals surface area contributed by atoms with Crippen molar-refractivity contribution in [1.82, 2.24) is 14.8 Å². The van der Waals surface area contributed by atoms with Crippen molar-refractivity contribution in [2.45, 2.75) is 13.0 Å². The standard InChI is InChI=1S/C13H19N5O3/c1-9(12(14)16-21)17-4-6-18(7-5-17)13(20)10-2-3-15-11(19)8-10/h2-3,8-9,21H,4-7H2,1H3,(H2,14,16)(H,15,19). The second-order valence-corrected chi connectivity index (χ2v) is 4.97. The Morgan fingerprint density at radius 2 is 2.10 bits per heavy atom. The fourth-order valence-electron chi connectivity index (χ4n) is 2.34. The normalized spacial score (nSPS) is 18.5. The van der Waals surface area contributed by atoms with Crippen LogP contribution in [0.4, 0.5) is 0 Å². The number of aromatic amines is 1. The average Bonchev–Trinajstić information content (AvgIpc) is 2.53. The Bertz CT molecular complexity index is 589. The highest BCUT2D eigenvalue weighted by Gasteiger charge is 2.26. The van der Waals surface area contributed by atoms with Gasteiger partial charge in [0.1, 0.15) is 0 Å². The number of carbonyl (C=O) groups excluding carboxylic acids is 1. The third-order valence-corrected chi connectivity index (χ3v) is 3.71. The summed E-state index contributed by atoms with van der Waals surface area (Å²) in [6.45, 7) is 4.19. The number of H-pyrrole nitrogens is 1. The number of nitrogens with two attached hydrogens (primary N) is 1. The number of piperazine rings is 1. The van der Waals surface area contributed by atoms with Gasteiger partial charge in [0.2, 0.25) is 5.56 Å². The highest BCUT2D eigenvalue weighted by Crippen LogP contribution is 2.10. The van der Waals surface area contributed by atoms with Crippen molar-refractivity contribution in [3.8, 4) is 0 Å². The predicted octanol–water partition coefficient (Wildman–Crippen LogP) is -0.732. The smallest absolute Gasteiger partial charge is 0.254 e. The zero-order chi connectivity index (χ0) is 15.4. The van der Waals surface area contributed by atoms with Gasteiger partial charge in [0.15, 0.2) is 5.84 Å². The molecule has 0 saturated carbocycles. The molecule has 0 aromatic carbocycles. The lowest BCUT2D eigenvalue weighted by molar-refractivity contribution is 0.0618. The van der Waals surface area contributed by atoms with Crippen molar-refractivity contribution < 1.29 is 10.0 Å². The van der Waals surface area contributed by atoms with E-state index in [0.29, 0.717) is 31.7 Å². The van der Waals surface area contributed by atoms with E-state index in [-0.39, 0.29) is 23.3 Å². The molecule has 1 amide bonds. The summed E-state index contributed by atoms with van der Waals surface area (Å²) in [5.41, 5.74) is 5.68. The summed E-state index contributed by atoms with van der Waals surface area (Å²) < 4.78 is 0. The van der Waals surface area contributed by atoms with E-state index in [1.807, 2.05) is 11.8 Å².